The normalized spacial score (nSPS) is 11.6. The highest BCUT2D eigenvalue weighted by molar-refractivity contribution is 7.26. The molecule has 7 aromatic carbocycles. The van der Waals surface area contributed by atoms with Crippen LogP contribution in [-0.4, -0.2) is 4.98 Å². The molecule has 0 aliphatic heterocycles. The molecule has 45 heavy (non-hydrogen) atoms. The lowest BCUT2D eigenvalue weighted by Crippen LogP contribution is -2.09. The van der Waals surface area contributed by atoms with Crippen LogP contribution < -0.4 is 4.90 Å². The molecule has 0 aliphatic rings. The van der Waals surface area contributed by atoms with Crippen molar-refractivity contribution < 1.29 is 4.42 Å². The van der Waals surface area contributed by atoms with Gasteiger partial charge in [-0.3, -0.25) is 0 Å². The summed E-state index contributed by atoms with van der Waals surface area (Å²) >= 11 is 1.88. The average Bonchev–Trinajstić information content (AvgIpc) is 3.72. The van der Waals surface area contributed by atoms with Crippen molar-refractivity contribution in [3.05, 3.63) is 158 Å². The molecule has 0 atom stereocenters. The summed E-state index contributed by atoms with van der Waals surface area (Å²) in [6.45, 7) is 0. The maximum atomic E-state index is 6.06. The Morgan fingerprint density at radius 3 is 2.04 bits per heavy atom. The first-order chi connectivity index (χ1) is 22.3. The number of benzene rings is 7. The smallest absolute Gasteiger partial charge is 0.227 e. The van der Waals surface area contributed by atoms with Crippen LogP contribution in [0.1, 0.15) is 0 Å². The molecule has 212 valence electrons. The Kier molecular flexibility index (Phi) is 6.00. The SMILES string of the molecule is c1ccc(-c2cc3ccccc3c3sc4ccc(N(c5ccccc5)c5ccc(-c6nc7ccccc7o6)cc5)cc4c23)cc1. The summed E-state index contributed by atoms with van der Waals surface area (Å²) in [4.78, 5) is 7.03. The number of oxazole rings is 1. The first-order valence-electron chi connectivity index (χ1n) is 15.0. The van der Waals surface area contributed by atoms with Crippen LogP contribution in [0.5, 0.6) is 0 Å². The van der Waals surface area contributed by atoms with Gasteiger partial charge in [-0.25, -0.2) is 4.98 Å². The van der Waals surface area contributed by atoms with E-state index in [-0.39, 0.29) is 0 Å². The number of nitrogens with zero attached hydrogens (tertiary/aromatic N) is 2. The molecule has 2 heterocycles. The first-order valence-corrected chi connectivity index (χ1v) is 15.9. The van der Waals surface area contributed by atoms with Gasteiger partial charge in [0.15, 0.2) is 5.58 Å². The van der Waals surface area contributed by atoms with E-state index in [1.807, 2.05) is 35.6 Å². The Labute approximate surface area is 264 Å². The first kappa shape index (κ1) is 25.8. The third kappa shape index (κ3) is 4.38. The number of aromatic nitrogens is 1. The maximum Gasteiger partial charge on any atom is 0.227 e. The molecular weight excluding hydrogens is 569 g/mol. The highest BCUT2D eigenvalue weighted by atomic mass is 32.1. The van der Waals surface area contributed by atoms with E-state index in [4.69, 9.17) is 9.40 Å². The van der Waals surface area contributed by atoms with Crippen LogP contribution in [0, 0.1) is 0 Å². The van der Waals surface area contributed by atoms with Gasteiger partial charge in [-0.1, -0.05) is 84.9 Å². The summed E-state index contributed by atoms with van der Waals surface area (Å²) in [6.07, 6.45) is 0. The second kappa shape index (κ2) is 10.5. The van der Waals surface area contributed by atoms with Crippen molar-refractivity contribution in [3.8, 4) is 22.6 Å². The summed E-state index contributed by atoms with van der Waals surface area (Å²) in [5, 5.41) is 5.13. The van der Waals surface area contributed by atoms with Crippen molar-refractivity contribution in [3.63, 3.8) is 0 Å². The number of para-hydroxylation sites is 3. The standard InChI is InChI=1S/C41H26N2OS/c1-3-11-27(12-4-1)34-25-29-13-7-8-16-33(29)40-39(34)35-26-32(23-24-38(35)45-40)43(30-14-5-2-6-15-30)31-21-19-28(20-22-31)41-42-36-17-9-10-18-37(36)44-41/h1-26H. The lowest BCUT2D eigenvalue weighted by Gasteiger charge is -2.25. The van der Waals surface area contributed by atoms with E-state index in [0.29, 0.717) is 5.89 Å². The van der Waals surface area contributed by atoms with E-state index < -0.39 is 0 Å². The summed E-state index contributed by atoms with van der Waals surface area (Å²) in [6, 6.07) is 55.6. The Hall–Kier alpha value is -5.71. The van der Waals surface area contributed by atoms with Gasteiger partial charge in [0, 0.05) is 42.8 Å². The van der Waals surface area contributed by atoms with Gasteiger partial charge in [-0.2, -0.15) is 0 Å². The van der Waals surface area contributed by atoms with Crippen LogP contribution >= 0.6 is 11.3 Å². The molecule has 0 aliphatic carbocycles. The predicted octanol–water partition coefficient (Wildman–Crippen LogP) is 12.2. The lowest BCUT2D eigenvalue weighted by atomic mass is 9.95. The van der Waals surface area contributed by atoms with Crippen molar-refractivity contribution in [2.24, 2.45) is 0 Å². The van der Waals surface area contributed by atoms with E-state index in [0.717, 1.165) is 33.7 Å². The van der Waals surface area contributed by atoms with E-state index in [9.17, 15) is 0 Å². The fourth-order valence-corrected chi connectivity index (χ4v) is 7.60. The number of hydrogen-bond acceptors (Lipinski definition) is 4. The van der Waals surface area contributed by atoms with Crippen LogP contribution in [0.15, 0.2) is 162 Å². The Bertz CT molecular complexity index is 2450. The quantitative estimate of drug-likeness (QED) is 0.198. The summed E-state index contributed by atoms with van der Waals surface area (Å²) < 4.78 is 8.66. The van der Waals surface area contributed by atoms with Gasteiger partial charge in [-0.15, -0.1) is 11.3 Å². The van der Waals surface area contributed by atoms with Crippen LogP contribution in [0.3, 0.4) is 0 Å². The Morgan fingerprint density at radius 2 is 1.22 bits per heavy atom. The largest absolute Gasteiger partial charge is 0.436 e. The minimum absolute atomic E-state index is 0.626. The highest BCUT2D eigenvalue weighted by Gasteiger charge is 2.19. The van der Waals surface area contributed by atoms with Gasteiger partial charge in [0.25, 0.3) is 0 Å². The summed E-state index contributed by atoms with van der Waals surface area (Å²) in [5.74, 6) is 0.626. The molecule has 9 aromatic rings. The Morgan fingerprint density at radius 1 is 0.533 bits per heavy atom. The molecule has 0 spiro atoms. The zero-order valence-corrected chi connectivity index (χ0v) is 25.0. The van der Waals surface area contributed by atoms with Crippen LogP contribution in [-0.2, 0) is 0 Å². The van der Waals surface area contributed by atoms with Gasteiger partial charge < -0.3 is 9.32 Å². The van der Waals surface area contributed by atoms with Gasteiger partial charge in [-0.05, 0) is 94.7 Å². The van der Waals surface area contributed by atoms with E-state index in [1.54, 1.807) is 0 Å². The number of anilines is 3. The lowest BCUT2D eigenvalue weighted by molar-refractivity contribution is 0.620. The monoisotopic (exact) mass is 594 g/mol. The average molecular weight is 595 g/mol. The molecule has 0 fully saturated rings. The van der Waals surface area contributed by atoms with Gasteiger partial charge in [0.05, 0.1) is 0 Å². The van der Waals surface area contributed by atoms with Crippen molar-refractivity contribution >= 4 is 70.4 Å². The van der Waals surface area contributed by atoms with Gasteiger partial charge in [0.1, 0.15) is 5.52 Å². The Balaban J connectivity index is 1.23. The van der Waals surface area contributed by atoms with Crippen molar-refractivity contribution in [1.29, 1.82) is 0 Å². The fraction of sp³-hybridized carbons (Fsp3) is 0. The molecule has 9 rings (SSSR count). The zero-order valence-electron chi connectivity index (χ0n) is 24.2. The maximum absolute atomic E-state index is 6.06. The van der Waals surface area contributed by atoms with Crippen LogP contribution in [0.25, 0.3) is 64.6 Å². The molecule has 0 radical (unpaired) electrons. The van der Waals surface area contributed by atoms with Crippen molar-refractivity contribution in [2.75, 3.05) is 4.90 Å². The zero-order chi connectivity index (χ0) is 29.7. The minimum atomic E-state index is 0.626. The highest BCUT2D eigenvalue weighted by Crippen LogP contribution is 2.46. The molecule has 0 unspecified atom stereocenters. The molecule has 0 bridgehead atoms. The molecule has 0 amide bonds. The van der Waals surface area contributed by atoms with Crippen LogP contribution in [0.4, 0.5) is 17.1 Å². The van der Waals surface area contributed by atoms with E-state index in [2.05, 4.69) is 138 Å². The second-order valence-corrected chi connectivity index (χ2v) is 12.3. The second-order valence-electron chi connectivity index (χ2n) is 11.2. The number of thiophene rings is 1. The molecule has 4 heteroatoms. The van der Waals surface area contributed by atoms with Crippen molar-refractivity contribution in [1.82, 2.24) is 4.98 Å². The molecule has 0 saturated heterocycles. The molecule has 2 aromatic heterocycles. The number of rotatable bonds is 5. The topological polar surface area (TPSA) is 29.3 Å². The predicted molar refractivity (Wildman–Crippen MR) is 190 cm³/mol. The molecule has 0 N–H and O–H groups in total. The van der Waals surface area contributed by atoms with E-state index in [1.165, 1.54) is 42.1 Å². The van der Waals surface area contributed by atoms with E-state index >= 15 is 0 Å². The number of fused-ring (bicyclic) bond motifs is 6. The summed E-state index contributed by atoms with van der Waals surface area (Å²) in [7, 11) is 0. The molecule has 3 nitrogen and oxygen atoms in total. The van der Waals surface area contributed by atoms with Crippen LogP contribution in [0.2, 0.25) is 0 Å². The molecule has 0 saturated carbocycles. The third-order valence-electron chi connectivity index (χ3n) is 8.47. The number of hydrogen-bond donors (Lipinski definition) is 0. The van der Waals surface area contributed by atoms with Crippen molar-refractivity contribution in [2.45, 2.75) is 0 Å². The molecular formula is C41H26N2OS. The fourth-order valence-electron chi connectivity index (χ4n) is 6.36. The minimum Gasteiger partial charge on any atom is -0.436 e. The summed E-state index contributed by atoms with van der Waals surface area (Å²) in [5.41, 5.74) is 8.36. The van der Waals surface area contributed by atoms with Gasteiger partial charge in [0.2, 0.25) is 5.89 Å². The van der Waals surface area contributed by atoms with Gasteiger partial charge >= 0.3 is 0 Å². The third-order valence-corrected chi connectivity index (χ3v) is 9.67.